The largest absolute Gasteiger partial charge is 0.327 e. The van der Waals surface area contributed by atoms with Crippen LogP contribution in [-0.4, -0.2) is 16.2 Å². The number of aromatic amines is 1. The van der Waals surface area contributed by atoms with Gasteiger partial charge in [-0.3, -0.25) is 5.10 Å². The van der Waals surface area contributed by atoms with E-state index in [0.29, 0.717) is 0 Å². The third-order valence-electron chi connectivity index (χ3n) is 2.85. The quantitative estimate of drug-likeness (QED) is 0.894. The van der Waals surface area contributed by atoms with Gasteiger partial charge in [-0.1, -0.05) is 18.5 Å². The summed E-state index contributed by atoms with van der Waals surface area (Å²) in [5.41, 5.74) is 8.38. The first-order chi connectivity index (χ1) is 8.60. The van der Waals surface area contributed by atoms with Crippen LogP contribution in [-0.2, 0) is 6.42 Å². The van der Waals surface area contributed by atoms with E-state index in [0.717, 1.165) is 29.8 Å². The summed E-state index contributed by atoms with van der Waals surface area (Å²) in [4.78, 5) is 0. The fraction of sp³-hybridized carbons (Fsp3) is 0.308. The number of aromatic nitrogens is 2. The van der Waals surface area contributed by atoms with E-state index in [1.807, 2.05) is 13.0 Å². The van der Waals surface area contributed by atoms with Gasteiger partial charge in [-0.05, 0) is 30.7 Å². The Morgan fingerprint density at radius 3 is 2.89 bits per heavy atom. The molecule has 1 aromatic heterocycles. The highest BCUT2D eigenvalue weighted by atomic mass is 35.5. The standard InChI is InChI=1S/C13H15ClFN3/c1-2-9(16)6-10-7-13(18-17-10)8-3-4-12(15)11(14)5-8/h3-5,7,9H,2,6,16H2,1H3,(H,17,18). The van der Waals surface area contributed by atoms with Crippen molar-refractivity contribution in [2.45, 2.75) is 25.8 Å². The number of H-pyrrole nitrogens is 1. The first-order valence-corrected chi connectivity index (χ1v) is 6.23. The van der Waals surface area contributed by atoms with Gasteiger partial charge >= 0.3 is 0 Å². The topological polar surface area (TPSA) is 54.7 Å². The highest BCUT2D eigenvalue weighted by Gasteiger charge is 2.09. The van der Waals surface area contributed by atoms with E-state index in [9.17, 15) is 4.39 Å². The third-order valence-corrected chi connectivity index (χ3v) is 3.14. The van der Waals surface area contributed by atoms with Crippen molar-refractivity contribution in [2.75, 3.05) is 0 Å². The van der Waals surface area contributed by atoms with Crippen molar-refractivity contribution in [2.24, 2.45) is 5.73 Å². The van der Waals surface area contributed by atoms with Crippen LogP contribution in [0.25, 0.3) is 11.3 Å². The monoisotopic (exact) mass is 267 g/mol. The van der Waals surface area contributed by atoms with E-state index in [4.69, 9.17) is 17.3 Å². The van der Waals surface area contributed by atoms with Gasteiger partial charge in [0.2, 0.25) is 0 Å². The molecule has 1 heterocycles. The van der Waals surface area contributed by atoms with Crippen LogP contribution < -0.4 is 5.73 Å². The van der Waals surface area contributed by atoms with Gasteiger partial charge in [0.15, 0.2) is 0 Å². The van der Waals surface area contributed by atoms with Crippen LogP contribution in [0.1, 0.15) is 19.0 Å². The summed E-state index contributed by atoms with van der Waals surface area (Å²) in [6.45, 7) is 2.04. The average Bonchev–Trinajstić information content (AvgIpc) is 2.81. The van der Waals surface area contributed by atoms with E-state index < -0.39 is 5.82 Å². The summed E-state index contributed by atoms with van der Waals surface area (Å²) < 4.78 is 13.1. The molecule has 0 saturated heterocycles. The molecule has 1 atom stereocenters. The fourth-order valence-corrected chi connectivity index (χ4v) is 1.88. The Morgan fingerprint density at radius 1 is 1.44 bits per heavy atom. The lowest BCUT2D eigenvalue weighted by atomic mass is 10.1. The van der Waals surface area contributed by atoms with Crippen molar-refractivity contribution in [3.8, 4) is 11.3 Å². The van der Waals surface area contributed by atoms with Gasteiger partial charge in [-0.2, -0.15) is 5.10 Å². The first kappa shape index (κ1) is 13.1. The van der Waals surface area contributed by atoms with Gasteiger partial charge < -0.3 is 5.73 Å². The molecule has 0 bridgehead atoms. The molecule has 0 aliphatic rings. The summed E-state index contributed by atoms with van der Waals surface area (Å²) in [5.74, 6) is -0.427. The molecule has 0 aliphatic carbocycles. The molecule has 1 aromatic carbocycles. The molecule has 2 aromatic rings. The van der Waals surface area contributed by atoms with E-state index >= 15 is 0 Å². The van der Waals surface area contributed by atoms with E-state index in [1.165, 1.54) is 6.07 Å². The molecule has 0 spiro atoms. The number of halogens is 2. The molecule has 1 unspecified atom stereocenters. The summed E-state index contributed by atoms with van der Waals surface area (Å²) in [5, 5.41) is 7.22. The van der Waals surface area contributed by atoms with Crippen LogP contribution in [0, 0.1) is 5.82 Å². The van der Waals surface area contributed by atoms with E-state index in [2.05, 4.69) is 10.2 Å². The number of nitrogens with one attached hydrogen (secondary N) is 1. The van der Waals surface area contributed by atoms with Crippen LogP contribution in [0.5, 0.6) is 0 Å². The molecule has 96 valence electrons. The van der Waals surface area contributed by atoms with Crippen LogP contribution in [0.3, 0.4) is 0 Å². The summed E-state index contributed by atoms with van der Waals surface area (Å²) >= 11 is 5.74. The maximum Gasteiger partial charge on any atom is 0.141 e. The van der Waals surface area contributed by atoms with Crippen molar-refractivity contribution in [3.63, 3.8) is 0 Å². The zero-order valence-corrected chi connectivity index (χ0v) is 10.8. The second-order valence-electron chi connectivity index (χ2n) is 4.28. The smallest absolute Gasteiger partial charge is 0.141 e. The zero-order chi connectivity index (χ0) is 13.1. The van der Waals surface area contributed by atoms with Crippen molar-refractivity contribution in [1.82, 2.24) is 10.2 Å². The maximum atomic E-state index is 13.1. The van der Waals surface area contributed by atoms with Crippen LogP contribution in [0.2, 0.25) is 5.02 Å². The van der Waals surface area contributed by atoms with Crippen LogP contribution in [0.15, 0.2) is 24.3 Å². The third kappa shape index (κ3) is 2.89. The van der Waals surface area contributed by atoms with Gasteiger partial charge in [0.25, 0.3) is 0 Å². The molecular weight excluding hydrogens is 253 g/mol. The minimum Gasteiger partial charge on any atom is -0.327 e. The molecule has 0 fully saturated rings. The molecule has 0 saturated carbocycles. The number of rotatable bonds is 4. The second kappa shape index (κ2) is 5.50. The minimum atomic E-state index is -0.427. The van der Waals surface area contributed by atoms with Crippen molar-refractivity contribution < 1.29 is 4.39 Å². The minimum absolute atomic E-state index is 0.0994. The molecule has 0 amide bonds. The normalized spacial score (nSPS) is 12.7. The summed E-state index contributed by atoms with van der Waals surface area (Å²) in [6, 6.07) is 6.59. The Bertz CT molecular complexity index is 539. The first-order valence-electron chi connectivity index (χ1n) is 5.85. The predicted molar refractivity (Wildman–Crippen MR) is 71.0 cm³/mol. The molecule has 18 heavy (non-hydrogen) atoms. The number of benzene rings is 1. The second-order valence-corrected chi connectivity index (χ2v) is 4.69. The van der Waals surface area contributed by atoms with E-state index in [-0.39, 0.29) is 11.1 Å². The van der Waals surface area contributed by atoms with Crippen molar-refractivity contribution in [1.29, 1.82) is 0 Å². The molecular formula is C13H15ClFN3. The lowest BCUT2D eigenvalue weighted by molar-refractivity contribution is 0.628. The lowest BCUT2D eigenvalue weighted by Crippen LogP contribution is -2.21. The maximum absolute atomic E-state index is 13.1. The number of nitrogens with zero attached hydrogens (tertiary/aromatic N) is 1. The summed E-state index contributed by atoms with van der Waals surface area (Å²) in [6.07, 6.45) is 1.66. The fourth-order valence-electron chi connectivity index (χ4n) is 1.70. The van der Waals surface area contributed by atoms with Gasteiger partial charge in [0, 0.05) is 23.7 Å². The molecule has 3 nitrogen and oxygen atoms in total. The summed E-state index contributed by atoms with van der Waals surface area (Å²) in [7, 11) is 0. The average molecular weight is 268 g/mol. The Morgan fingerprint density at radius 2 is 2.22 bits per heavy atom. The van der Waals surface area contributed by atoms with Gasteiger partial charge in [-0.25, -0.2) is 4.39 Å². The molecule has 2 rings (SSSR count). The van der Waals surface area contributed by atoms with Gasteiger partial charge in [0.05, 0.1) is 10.7 Å². The highest BCUT2D eigenvalue weighted by Crippen LogP contribution is 2.24. The Kier molecular flexibility index (Phi) is 3.99. The van der Waals surface area contributed by atoms with Crippen molar-refractivity contribution >= 4 is 11.6 Å². The van der Waals surface area contributed by atoms with Crippen LogP contribution >= 0.6 is 11.6 Å². The zero-order valence-electron chi connectivity index (χ0n) is 10.1. The Hall–Kier alpha value is -1.39. The Labute approximate surface area is 110 Å². The molecule has 5 heteroatoms. The van der Waals surface area contributed by atoms with E-state index in [1.54, 1.807) is 12.1 Å². The highest BCUT2D eigenvalue weighted by molar-refractivity contribution is 6.31. The lowest BCUT2D eigenvalue weighted by Gasteiger charge is -2.04. The van der Waals surface area contributed by atoms with Crippen molar-refractivity contribution in [3.05, 3.63) is 40.8 Å². The van der Waals surface area contributed by atoms with Crippen LogP contribution in [0.4, 0.5) is 4.39 Å². The molecule has 0 radical (unpaired) electrons. The Balaban J connectivity index is 2.21. The number of hydrogen-bond acceptors (Lipinski definition) is 2. The van der Waals surface area contributed by atoms with Gasteiger partial charge in [-0.15, -0.1) is 0 Å². The predicted octanol–water partition coefficient (Wildman–Crippen LogP) is 3.15. The number of nitrogens with two attached hydrogens (primary N) is 1. The SMILES string of the molecule is CCC(N)Cc1cc(-c2ccc(F)c(Cl)c2)n[nH]1. The molecule has 3 N–H and O–H groups in total. The number of hydrogen-bond donors (Lipinski definition) is 2. The molecule has 0 aliphatic heterocycles. The van der Waals surface area contributed by atoms with Gasteiger partial charge in [0.1, 0.15) is 5.82 Å².